The Kier molecular flexibility index (Phi) is 6.33. The summed E-state index contributed by atoms with van der Waals surface area (Å²) in [6.07, 6.45) is 1.77. The van der Waals surface area contributed by atoms with Crippen molar-refractivity contribution in [2.24, 2.45) is 0 Å². The molecule has 0 radical (unpaired) electrons. The van der Waals surface area contributed by atoms with Gasteiger partial charge in [-0.2, -0.15) is 0 Å². The Morgan fingerprint density at radius 3 is 2.68 bits per heavy atom. The predicted octanol–water partition coefficient (Wildman–Crippen LogP) is 5.99. The maximum Gasteiger partial charge on any atom is 0.258 e. The Hall–Kier alpha value is -1.15. The Morgan fingerprint density at radius 2 is 1.92 bits per heavy atom. The first-order chi connectivity index (χ1) is 12.0. The third-order valence-corrected chi connectivity index (χ3v) is 6.24. The van der Waals surface area contributed by atoms with Gasteiger partial charge in [-0.15, -0.1) is 24.0 Å². The van der Waals surface area contributed by atoms with Crippen LogP contribution in [0.4, 0.5) is 5.13 Å². The zero-order valence-electron chi connectivity index (χ0n) is 13.0. The number of thiazole rings is 1. The van der Waals surface area contributed by atoms with Gasteiger partial charge >= 0.3 is 0 Å². The van der Waals surface area contributed by atoms with E-state index in [1.165, 1.54) is 16.9 Å². The number of anilines is 1. The number of amides is 1. The molecule has 0 saturated carbocycles. The van der Waals surface area contributed by atoms with Crippen LogP contribution in [0.25, 0.3) is 0 Å². The molecule has 0 aliphatic rings. The highest BCUT2D eigenvalue weighted by molar-refractivity contribution is 9.11. The molecule has 1 heterocycles. The van der Waals surface area contributed by atoms with Crippen molar-refractivity contribution in [1.82, 2.24) is 4.98 Å². The number of halogens is 2. The van der Waals surface area contributed by atoms with E-state index in [1.54, 1.807) is 6.07 Å². The molecule has 3 nitrogen and oxygen atoms in total. The number of aromatic nitrogens is 1. The molecular weight excluding hydrogens is 484 g/mol. The van der Waals surface area contributed by atoms with E-state index in [0.717, 1.165) is 27.5 Å². The van der Waals surface area contributed by atoms with E-state index in [2.05, 4.69) is 66.9 Å². The summed E-state index contributed by atoms with van der Waals surface area (Å²) in [6.45, 7) is 0. The van der Waals surface area contributed by atoms with Gasteiger partial charge in [0.2, 0.25) is 0 Å². The summed E-state index contributed by atoms with van der Waals surface area (Å²) >= 11 is 12.6. The minimum atomic E-state index is -0.226. The molecule has 0 spiro atoms. The molecule has 128 valence electrons. The van der Waals surface area contributed by atoms with Gasteiger partial charge in [0.1, 0.15) is 0 Å². The molecule has 1 amide bonds. The second-order valence-electron chi connectivity index (χ2n) is 5.37. The molecule has 7 heteroatoms. The number of nitrogens with one attached hydrogen (secondary N) is 1. The van der Waals surface area contributed by atoms with E-state index in [1.807, 2.05) is 29.6 Å². The number of carbonyl (C=O) groups is 1. The van der Waals surface area contributed by atoms with Crippen molar-refractivity contribution < 1.29 is 4.79 Å². The number of hydrogen-bond acceptors (Lipinski definition) is 4. The smallest absolute Gasteiger partial charge is 0.258 e. The highest BCUT2D eigenvalue weighted by Gasteiger charge is 2.15. The average molecular weight is 498 g/mol. The Bertz CT molecular complexity index is 897. The Balaban J connectivity index is 1.66. The van der Waals surface area contributed by atoms with Gasteiger partial charge in [-0.25, -0.2) is 4.98 Å². The average Bonchev–Trinajstić information content (AvgIpc) is 3.04. The van der Waals surface area contributed by atoms with Crippen LogP contribution >= 0.6 is 55.8 Å². The van der Waals surface area contributed by atoms with Crippen molar-refractivity contribution in [1.29, 1.82) is 0 Å². The van der Waals surface area contributed by atoms with Crippen LogP contribution in [0.5, 0.6) is 0 Å². The fourth-order valence-corrected chi connectivity index (χ4v) is 4.50. The van der Waals surface area contributed by atoms with Crippen LogP contribution in [0.3, 0.4) is 0 Å². The highest BCUT2D eigenvalue weighted by atomic mass is 79.9. The molecule has 3 aromatic rings. The molecule has 0 aliphatic heterocycles. The largest absolute Gasteiger partial charge is 0.298 e. The molecule has 0 fully saturated rings. The lowest BCUT2D eigenvalue weighted by Crippen LogP contribution is -2.13. The first-order valence-electron chi connectivity index (χ1n) is 7.50. The molecule has 0 saturated heterocycles. The van der Waals surface area contributed by atoms with Crippen molar-refractivity contribution in [2.75, 3.05) is 5.32 Å². The fourth-order valence-electron chi connectivity index (χ4n) is 2.30. The number of nitrogens with zero attached hydrogens (tertiary/aromatic N) is 1. The summed E-state index contributed by atoms with van der Waals surface area (Å²) in [4.78, 5) is 17.6. The summed E-state index contributed by atoms with van der Waals surface area (Å²) in [7, 11) is 0. The van der Waals surface area contributed by atoms with Crippen molar-refractivity contribution >= 4 is 66.9 Å². The van der Waals surface area contributed by atoms with E-state index >= 15 is 0 Å². The van der Waals surface area contributed by atoms with E-state index < -0.39 is 0 Å². The monoisotopic (exact) mass is 496 g/mol. The van der Waals surface area contributed by atoms with Crippen molar-refractivity contribution in [3.8, 4) is 0 Å². The van der Waals surface area contributed by atoms with Crippen molar-refractivity contribution in [3.63, 3.8) is 0 Å². The zero-order chi connectivity index (χ0) is 17.8. The lowest BCUT2D eigenvalue weighted by molar-refractivity contribution is 0.102. The van der Waals surface area contributed by atoms with Gasteiger partial charge in [0.25, 0.3) is 5.91 Å². The van der Waals surface area contributed by atoms with E-state index in [-0.39, 0.29) is 5.91 Å². The summed E-state index contributed by atoms with van der Waals surface area (Å²) in [5.41, 5.74) is 2.75. The molecule has 0 atom stereocenters. The maximum atomic E-state index is 12.5. The lowest BCUT2D eigenvalue weighted by Gasteiger charge is -2.07. The second kappa shape index (κ2) is 8.49. The first-order valence-corrected chi connectivity index (χ1v) is 10.4. The second-order valence-corrected chi connectivity index (χ2v) is 8.44. The first kappa shape index (κ1) is 18.6. The molecule has 25 heavy (non-hydrogen) atoms. The molecule has 0 bridgehead atoms. The molecule has 2 aromatic carbocycles. The van der Waals surface area contributed by atoms with E-state index in [9.17, 15) is 4.79 Å². The minimum absolute atomic E-state index is 0.226. The summed E-state index contributed by atoms with van der Waals surface area (Å²) in [5, 5.41) is 5.43. The SMILES string of the molecule is O=C(Nc1nc(CCc2ccccc2)cs1)c1cc(Br)cc(Br)c1S. The van der Waals surface area contributed by atoms with E-state index in [0.29, 0.717) is 15.6 Å². The maximum absolute atomic E-state index is 12.5. The van der Waals surface area contributed by atoms with Gasteiger partial charge in [-0.3, -0.25) is 10.1 Å². The molecular formula is C18H14Br2N2OS2. The number of carbonyl (C=O) groups excluding carboxylic acids is 1. The molecule has 0 unspecified atom stereocenters. The molecule has 1 aromatic heterocycles. The van der Waals surface area contributed by atoms with Crippen LogP contribution in [-0.2, 0) is 12.8 Å². The molecule has 1 N–H and O–H groups in total. The minimum Gasteiger partial charge on any atom is -0.298 e. The van der Waals surface area contributed by atoms with Gasteiger partial charge in [-0.1, -0.05) is 46.3 Å². The number of benzene rings is 2. The van der Waals surface area contributed by atoms with Gasteiger partial charge in [-0.05, 0) is 46.5 Å². The van der Waals surface area contributed by atoms with Gasteiger partial charge < -0.3 is 0 Å². The van der Waals surface area contributed by atoms with Crippen LogP contribution in [0.1, 0.15) is 21.6 Å². The summed E-state index contributed by atoms with van der Waals surface area (Å²) in [5.74, 6) is -0.226. The zero-order valence-corrected chi connectivity index (χ0v) is 17.9. The third-order valence-electron chi connectivity index (χ3n) is 3.56. The van der Waals surface area contributed by atoms with Crippen LogP contribution in [-0.4, -0.2) is 10.9 Å². The number of hydrogen-bond donors (Lipinski definition) is 2. The quantitative estimate of drug-likeness (QED) is 0.425. The van der Waals surface area contributed by atoms with Crippen LogP contribution < -0.4 is 5.32 Å². The van der Waals surface area contributed by atoms with Gasteiger partial charge in [0.15, 0.2) is 5.13 Å². The van der Waals surface area contributed by atoms with E-state index in [4.69, 9.17) is 0 Å². The highest BCUT2D eigenvalue weighted by Crippen LogP contribution is 2.29. The Labute approximate surface area is 172 Å². The predicted molar refractivity (Wildman–Crippen MR) is 113 cm³/mol. The topological polar surface area (TPSA) is 42.0 Å². The number of aryl methyl sites for hydroxylation is 2. The van der Waals surface area contributed by atoms with Crippen molar-refractivity contribution in [2.45, 2.75) is 17.7 Å². The van der Waals surface area contributed by atoms with Crippen LogP contribution in [0.15, 0.2) is 61.7 Å². The van der Waals surface area contributed by atoms with Gasteiger partial charge in [0.05, 0.1) is 11.3 Å². The van der Waals surface area contributed by atoms with Crippen molar-refractivity contribution in [3.05, 3.63) is 73.6 Å². The Morgan fingerprint density at radius 1 is 1.16 bits per heavy atom. The fraction of sp³-hybridized carbons (Fsp3) is 0.111. The summed E-state index contributed by atoms with van der Waals surface area (Å²) in [6, 6.07) is 13.9. The lowest BCUT2D eigenvalue weighted by atomic mass is 10.1. The third kappa shape index (κ3) is 4.94. The molecule has 3 rings (SSSR count). The number of thiol groups is 1. The molecule has 0 aliphatic carbocycles. The standard InChI is InChI=1S/C18H14Br2N2OS2/c19-12-8-14(16(24)15(20)9-12)17(23)22-18-21-13(10-25-18)7-6-11-4-2-1-3-5-11/h1-5,8-10,24H,6-7H2,(H,21,22,23). The van der Waals surface area contributed by atoms with Crippen LogP contribution in [0.2, 0.25) is 0 Å². The number of rotatable bonds is 5. The van der Waals surface area contributed by atoms with Crippen LogP contribution in [0, 0.1) is 0 Å². The van der Waals surface area contributed by atoms with Gasteiger partial charge in [0, 0.05) is 19.2 Å². The summed E-state index contributed by atoms with van der Waals surface area (Å²) < 4.78 is 1.57. The normalized spacial score (nSPS) is 10.7.